The number of rotatable bonds is 4. The molecule has 9 heteroatoms. The number of ether oxygens (including phenoxy) is 1. The van der Waals surface area contributed by atoms with Crippen LogP contribution in [0.25, 0.3) is 0 Å². The molecule has 8 atom stereocenters. The summed E-state index contributed by atoms with van der Waals surface area (Å²) in [6.07, 6.45) is 5.74. The van der Waals surface area contributed by atoms with E-state index in [1.54, 1.807) is 6.08 Å². The van der Waals surface area contributed by atoms with Crippen molar-refractivity contribution in [3.63, 3.8) is 0 Å². The highest BCUT2D eigenvalue weighted by atomic mass is 16.9. The number of esters is 1. The summed E-state index contributed by atoms with van der Waals surface area (Å²) >= 11 is 0. The minimum Gasteiger partial charge on any atom is -0.458 e. The van der Waals surface area contributed by atoms with E-state index < -0.39 is 33.2 Å². The molecule has 1 heterocycles. The summed E-state index contributed by atoms with van der Waals surface area (Å²) in [7, 11) is 0. The van der Waals surface area contributed by atoms with Crippen molar-refractivity contribution in [2.24, 2.45) is 28.6 Å². The molecule has 4 aliphatic carbocycles. The van der Waals surface area contributed by atoms with Crippen molar-refractivity contribution in [1.82, 2.24) is 0 Å². The monoisotopic (exact) mass is 451 g/mol. The van der Waals surface area contributed by atoms with Crippen molar-refractivity contribution in [2.75, 3.05) is 13.2 Å². The Labute approximate surface area is 186 Å². The van der Waals surface area contributed by atoms with Gasteiger partial charge in [0, 0.05) is 23.3 Å². The molecule has 0 saturated heterocycles. The lowest BCUT2D eigenvalue weighted by atomic mass is 9.41. The van der Waals surface area contributed by atoms with Gasteiger partial charge in [-0.25, -0.2) is 4.79 Å². The van der Waals surface area contributed by atoms with Crippen LogP contribution < -0.4 is 0 Å². The molecule has 3 N–H and O–H groups in total. The molecule has 4 fully saturated rings. The van der Waals surface area contributed by atoms with Gasteiger partial charge < -0.3 is 24.9 Å². The lowest BCUT2D eigenvalue weighted by molar-refractivity contribution is -0.762. The second-order valence-corrected chi connectivity index (χ2v) is 11.1. The average molecular weight is 452 g/mol. The normalized spacial score (nSPS) is 50.0. The molecule has 4 saturated carbocycles. The lowest BCUT2D eigenvalue weighted by Crippen LogP contribution is -2.69. The molecule has 5 aliphatic rings. The van der Waals surface area contributed by atoms with Gasteiger partial charge in [0.25, 0.3) is 5.09 Å². The Bertz CT molecular complexity index is 861. The number of cyclic esters (lactones) is 1. The molecule has 5 rings (SSSR count). The number of carbonyl (C=O) groups is 1. The fraction of sp³-hybridized carbons (Fsp3) is 0.870. The first-order valence-corrected chi connectivity index (χ1v) is 11.8. The number of fused-ring (bicyclic) bond motifs is 5. The van der Waals surface area contributed by atoms with E-state index >= 15 is 0 Å². The Balaban J connectivity index is 1.51. The maximum atomic E-state index is 12.2. The van der Waals surface area contributed by atoms with E-state index in [9.17, 15) is 30.2 Å². The molecule has 0 spiro atoms. The Kier molecular flexibility index (Phi) is 4.93. The van der Waals surface area contributed by atoms with Crippen molar-refractivity contribution < 1.29 is 34.8 Å². The topological polar surface area (TPSA) is 139 Å². The van der Waals surface area contributed by atoms with E-state index in [1.807, 2.05) is 0 Å². The van der Waals surface area contributed by atoms with Crippen molar-refractivity contribution in [3.05, 3.63) is 21.8 Å². The van der Waals surface area contributed by atoms with E-state index in [0.717, 1.165) is 12.0 Å². The first kappa shape index (κ1) is 22.1. The van der Waals surface area contributed by atoms with Gasteiger partial charge in [0.1, 0.15) is 13.2 Å². The Morgan fingerprint density at radius 1 is 1.16 bits per heavy atom. The lowest BCUT2D eigenvalue weighted by Gasteiger charge is -2.66. The summed E-state index contributed by atoms with van der Waals surface area (Å²) in [5.74, 6) is -0.538. The van der Waals surface area contributed by atoms with Crippen LogP contribution in [0.4, 0.5) is 0 Å². The van der Waals surface area contributed by atoms with Gasteiger partial charge in [-0.05, 0) is 74.7 Å². The van der Waals surface area contributed by atoms with Crippen LogP contribution >= 0.6 is 0 Å². The molecule has 0 bridgehead atoms. The van der Waals surface area contributed by atoms with Gasteiger partial charge in [-0.2, -0.15) is 0 Å². The molecule has 178 valence electrons. The summed E-state index contributed by atoms with van der Waals surface area (Å²) in [5.41, 5.74) is -2.60. The fourth-order valence-corrected chi connectivity index (χ4v) is 8.65. The van der Waals surface area contributed by atoms with Crippen molar-refractivity contribution in [3.8, 4) is 0 Å². The maximum absolute atomic E-state index is 12.2. The largest absolute Gasteiger partial charge is 0.458 e. The summed E-state index contributed by atoms with van der Waals surface area (Å²) in [6.45, 7) is 2.17. The molecule has 0 amide bonds. The molecule has 5 unspecified atom stereocenters. The molecular formula is C23H33NO8. The van der Waals surface area contributed by atoms with Gasteiger partial charge in [-0.3, -0.25) is 0 Å². The molecule has 0 aromatic rings. The number of aliphatic hydroxyl groups is 3. The second kappa shape index (κ2) is 7.14. The molecule has 1 aliphatic heterocycles. The van der Waals surface area contributed by atoms with Crippen LogP contribution in [0.1, 0.15) is 64.7 Å². The smallest absolute Gasteiger partial charge is 0.331 e. The zero-order chi connectivity index (χ0) is 22.9. The molecule has 32 heavy (non-hydrogen) atoms. The molecule has 0 aromatic heterocycles. The predicted molar refractivity (Wildman–Crippen MR) is 110 cm³/mol. The van der Waals surface area contributed by atoms with E-state index in [2.05, 4.69) is 6.92 Å². The SMILES string of the molecule is C[C@]12CC[C@H]3C(CCC4(O)CC(O)CC[C@]34CO[N+](=O)[O-])C1(O)CCC2C1=CC(=O)OC1. The zero-order valence-electron chi connectivity index (χ0n) is 18.5. The third-order valence-electron chi connectivity index (χ3n) is 10.2. The van der Waals surface area contributed by atoms with Crippen LogP contribution in [0.3, 0.4) is 0 Å². The van der Waals surface area contributed by atoms with E-state index in [1.165, 1.54) is 0 Å². The minimum absolute atomic E-state index is 0.0554. The van der Waals surface area contributed by atoms with Crippen LogP contribution in [0.5, 0.6) is 0 Å². The summed E-state index contributed by atoms with van der Waals surface area (Å²) in [6, 6.07) is 0. The highest BCUT2D eigenvalue weighted by Gasteiger charge is 2.71. The van der Waals surface area contributed by atoms with Crippen LogP contribution in [0.15, 0.2) is 11.6 Å². The first-order valence-electron chi connectivity index (χ1n) is 11.8. The molecule has 0 radical (unpaired) electrons. The summed E-state index contributed by atoms with van der Waals surface area (Å²) in [4.78, 5) is 27.7. The van der Waals surface area contributed by atoms with Crippen molar-refractivity contribution >= 4 is 5.97 Å². The minimum atomic E-state index is -1.25. The van der Waals surface area contributed by atoms with E-state index in [0.29, 0.717) is 44.9 Å². The number of nitrogens with zero attached hydrogens (tertiary/aromatic N) is 1. The van der Waals surface area contributed by atoms with E-state index in [-0.39, 0.29) is 43.4 Å². The standard InChI is InChI=1S/C23H33NO8/c1-20-6-3-17-18(23(20,28)9-5-16(20)14-10-19(26)31-12-14)4-8-22(27)11-15(25)2-7-21(17,22)13-32-24(29)30/h10,15-18,25,27-28H,2-9,11-13H2,1H3/t15?,16?,17-,18?,20+,21-,22?,23?/m0/s1. The summed E-state index contributed by atoms with van der Waals surface area (Å²) in [5, 5.41) is 44.5. The van der Waals surface area contributed by atoms with Crippen LogP contribution in [-0.4, -0.2) is 56.9 Å². The fourth-order valence-electron chi connectivity index (χ4n) is 8.65. The number of hydrogen-bond acceptors (Lipinski definition) is 8. The Morgan fingerprint density at radius 3 is 2.59 bits per heavy atom. The first-order chi connectivity index (χ1) is 15.0. The molecular weight excluding hydrogens is 418 g/mol. The number of carbonyl (C=O) groups excluding carboxylic acids is 1. The van der Waals surface area contributed by atoms with Gasteiger partial charge in [-0.15, -0.1) is 10.1 Å². The van der Waals surface area contributed by atoms with Gasteiger partial charge in [0.05, 0.1) is 17.3 Å². The predicted octanol–water partition coefficient (Wildman–Crippen LogP) is 1.91. The van der Waals surface area contributed by atoms with Crippen molar-refractivity contribution in [1.29, 1.82) is 0 Å². The Morgan fingerprint density at radius 2 is 1.91 bits per heavy atom. The van der Waals surface area contributed by atoms with Gasteiger partial charge in [0.15, 0.2) is 0 Å². The average Bonchev–Trinajstić information content (AvgIpc) is 3.26. The zero-order valence-corrected chi connectivity index (χ0v) is 18.5. The Hall–Kier alpha value is -1.71. The molecule has 9 nitrogen and oxygen atoms in total. The number of hydrogen-bond donors (Lipinski definition) is 3. The van der Waals surface area contributed by atoms with Crippen LogP contribution in [0.2, 0.25) is 0 Å². The highest BCUT2D eigenvalue weighted by molar-refractivity contribution is 5.85. The highest BCUT2D eigenvalue weighted by Crippen LogP contribution is 2.70. The second-order valence-electron chi connectivity index (χ2n) is 11.1. The maximum Gasteiger partial charge on any atom is 0.331 e. The van der Waals surface area contributed by atoms with Crippen LogP contribution in [0, 0.1) is 38.7 Å². The summed E-state index contributed by atoms with van der Waals surface area (Å²) < 4.78 is 5.16. The van der Waals surface area contributed by atoms with Gasteiger partial charge in [0.2, 0.25) is 0 Å². The third kappa shape index (κ3) is 2.83. The van der Waals surface area contributed by atoms with Gasteiger partial charge >= 0.3 is 5.97 Å². The quantitative estimate of drug-likeness (QED) is 0.335. The van der Waals surface area contributed by atoms with Crippen molar-refractivity contribution in [2.45, 2.75) is 82.0 Å². The van der Waals surface area contributed by atoms with E-state index in [4.69, 9.17) is 9.57 Å². The number of aliphatic hydroxyl groups excluding tert-OH is 1. The van der Waals surface area contributed by atoms with Gasteiger partial charge in [-0.1, -0.05) is 6.92 Å². The molecule has 0 aromatic carbocycles. The van der Waals surface area contributed by atoms with Crippen LogP contribution in [-0.2, 0) is 14.4 Å². The third-order valence-corrected chi connectivity index (χ3v) is 10.2.